The molecule has 2 rings (SSSR count). The molecule has 7 nitrogen and oxygen atoms in total. The van der Waals surface area contributed by atoms with Gasteiger partial charge in [-0.2, -0.15) is 4.31 Å². The van der Waals surface area contributed by atoms with Gasteiger partial charge in [-0.15, -0.1) is 12.4 Å². The van der Waals surface area contributed by atoms with Crippen molar-refractivity contribution in [1.82, 2.24) is 4.31 Å². The zero-order valence-electron chi connectivity index (χ0n) is 13.1. The van der Waals surface area contributed by atoms with Crippen molar-refractivity contribution in [2.45, 2.75) is 37.6 Å². The number of halogens is 1. The number of rotatable bonds is 4. The highest BCUT2D eigenvalue weighted by Gasteiger charge is 2.36. The topological polar surface area (TPSA) is 107 Å². The maximum atomic E-state index is 12.9. The van der Waals surface area contributed by atoms with Crippen LogP contribution in [0.4, 0.5) is 5.69 Å². The van der Waals surface area contributed by atoms with Crippen LogP contribution < -0.4 is 5.73 Å². The predicted octanol–water partition coefficient (Wildman–Crippen LogP) is 2.07. The summed E-state index contributed by atoms with van der Waals surface area (Å²) in [6.07, 6.45) is 1.59. The molecule has 1 aliphatic heterocycles. The van der Waals surface area contributed by atoms with E-state index < -0.39 is 14.9 Å². The van der Waals surface area contributed by atoms with Crippen LogP contribution in [0.3, 0.4) is 0 Å². The maximum Gasteiger partial charge on any atom is 0.289 e. The van der Waals surface area contributed by atoms with E-state index in [-0.39, 0.29) is 34.9 Å². The third-order valence-electron chi connectivity index (χ3n) is 4.15. The minimum Gasteiger partial charge on any atom is -0.328 e. The number of nitro benzene ring substituents is 1. The third kappa shape index (κ3) is 4.00. The second kappa shape index (κ2) is 7.57. The molecule has 2 atom stereocenters. The minimum absolute atomic E-state index is 0. The molecule has 23 heavy (non-hydrogen) atoms. The fourth-order valence-corrected chi connectivity index (χ4v) is 4.76. The van der Waals surface area contributed by atoms with Crippen LogP contribution in [0.25, 0.3) is 0 Å². The molecular weight excluding hydrogens is 342 g/mol. The van der Waals surface area contributed by atoms with Gasteiger partial charge in [-0.05, 0) is 38.2 Å². The zero-order chi connectivity index (χ0) is 16.5. The molecule has 2 N–H and O–H groups in total. The fraction of sp³-hybridized carbons (Fsp3) is 0.571. The van der Waals surface area contributed by atoms with Crippen LogP contribution in [-0.4, -0.2) is 36.8 Å². The smallest absolute Gasteiger partial charge is 0.289 e. The van der Waals surface area contributed by atoms with E-state index in [0.717, 1.165) is 6.42 Å². The average molecular weight is 364 g/mol. The van der Waals surface area contributed by atoms with Gasteiger partial charge in [-0.25, -0.2) is 8.42 Å². The number of hydrogen-bond acceptors (Lipinski definition) is 5. The summed E-state index contributed by atoms with van der Waals surface area (Å²) in [6, 6.07) is 4.19. The first-order valence-electron chi connectivity index (χ1n) is 7.25. The molecule has 1 aromatic carbocycles. The molecule has 0 saturated carbocycles. The lowest BCUT2D eigenvalue weighted by molar-refractivity contribution is -0.387. The Labute approximate surface area is 142 Å². The molecule has 9 heteroatoms. The molecule has 0 radical (unpaired) electrons. The molecule has 2 unspecified atom stereocenters. The van der Waals surface area contributed by atoms with E-state index in [2.05, 4.69) is 0 Å². The van der Waals surface area contributed by atoms with E-state index in [9.17, 15) is 18.5 Å². The molecule has 1 aliphatic rings. The summed E-state index contributed by atoms with van der Waals surface area (Å²) in [5, 5.41) is 11.2. The van der Waals surface area contributed by atoms with Gasteiger partial charge in [0.15, 0.2) is 4.90 Å². The van der Waals surface area contributed by atoms with Gasteiger partial charge >= 0.3 is 0 Å². The summed E-state index contributed by atoms with van der Waals surface area (Å²) in [5.74, 6) is 0.0756. The van der Waals surface area contributed by atoms with Crippen molar-refractivity contribution < 1.29 is 13.3 Å². The SMILES string of the molecule is Cc1cccc([N+](=O)[O-])c1S(=O)(=O)N1CCCC(C(C)N)C1.Cl. The summed E-state index contributed by atoms with van der Waals surface area (Å²) in [7, 11) is -3.90. The Bertz CT molecular complexity index is 679. The molecule has 1 saturated heterocycles. The van der Waals surface area contributed by atoms with E-state index in [1.54, 1.807) is 13.0 Å². The van der Waals surface area contributed by atoms with Crippen molar-refractivity contribution >= 4 is 28.1 Å². The maximum absolute atomic E-state index is 12.9. The highest BCUT2D eigenvalue weighted by Crippen LogP contribution is 2.32. The second-order valence-corrected chi connectivity index (χ2v) is 7.68. The van der Waals surface area contributed by atoms with E-state index in [1.165, 1.54) is 16.4 Å². The average Bonchev–Trinajstić information content (AvgIpc) is 2.46. The first kappa shape index (κ1) is 19.8. The van der Waals surface area contributed by atoms with Crippen molar-refractivity contribution in [3.05, 3.63) is 33.9 Å². The normalized spacial score (nSPS) is 20.6. The van der Waals surface area contributed by atoms with Gasteiger partial charge in [-0.3, -0.25) is 10.1 Å². The fourth-order valence-electron chi connectivity index (χ4n) is 2.87. The molecule has 0 aromatic heterocycles. The summed E-state index contributed by atoms with van der Waals surface area (Å²) in [4.78, 5) is 10.3. The molecular formula is C14H22ClN3O4S. The number of nitrogens with zero attached hydrogens (tertiary/aromatic N) is 2. The molecule has 0 amide bonds. The lowest BCUT2D eigenvalue weighted by Gasteiger charge is -2.33. The number of sulfonamides is 1. The molecule has 1 heterocycles. The second-order valence-electron chi connectivity index (χ2n) is 5.80. The van der Waals surface area contributed by atoms with E-state index >= 15 is 0 Å². The van der Waals surface area contributed by atoms with Gasteiger partial charge in [0, 0.05) is 25.2 Å². The molecule has 0 spiro atoms. The highest BCUT2D eigenvalue weighted by molar-refractivity contribution is 7.89. The number of hydrogen-bond donors (Lipinski definition) is 1. The minimum atomic E-state index is -3.90. The molecule has 0 bridgehead atoms. The van der Waals surface area contributed by atoms with E-state index in [1.807, 2.05) is 6.92 Å². The van der Waals surface area contributed by atoms with Crippen LogP contribution in [0.15, 0.2) is 23.1 Å². The van der Waals surface area contributed by atoms with Crippen molar-refractivity contribution in [2.75, 3.05) is 13.1 Å². The molecule has 0 aliphatic carbocycles. The van der Waals surface area contributed by atoms with Crippen LogP contribution in [0, 0.1) is 23.0 Å². The Morgan fingerprint density at radius 1 is 1.43 bits per heavy atom. The van der Waals surface area contributed by atoms with Crippen molar-refractivity contribution in [3.8, 4) is 0 Å². The highest BCUT2D eigenvalue weighted by atomic mass is 35.5. The van der Waals surface area contributed by atoms with Crippen LogP contribution >= 0.6 is 12.4 Å². The Balaban J connectivity index is 0.00000264. The van der Waals surface area contributed by atoms with Gasteiger partial charge in [0.05, 0.1) is 4.92 Å². The van der Waals surface area contributed by atoms with E-state index in [4.69, 9.17) is 5.73 Å². The number of aryl methyl sites for hydroxylation is 1. The Morgan fingerprint density at radius 3 is 2.65 bits per heavy atom. The predicted molar refractivity (Wildman–Crippen MR) is 90.2 cm³/mol. The number of nitro groups is 1. The first-order valence-corrected chi connectivity index (χ1v) is 8.69. The summed E-state index contributed by atoms with van der Waals surface area (Å²) in [6.45, 7) is 4.12. The van der Waals surface area contributed by atoms with Crippen molar-refractivity contribution in [1.29, 1.82) is 0 Å². The van der Waals surface area contributed by atoms with Crippen LogP contribution in [0.5, 0.6) is 0 Å². The van der Waals surface area contributed by atoms with Crippen LogP contribution in [0.2, 0.25) is 0 Å². The third-order valence-corrected chi connectivity index (χ3v) is 6.21. The van der Waals surface area contributed by atoms with Gasteiger partial charge in [0.25, 0.3) is 5.69 Å². The molecule has 130 valence electrons. The number of piperidine rings is 1. The van der Waals surface area contributed by atoms with Gasteiger partial charge < -0.3 is 5.73 Å². The molecule has 1 fully saturated rings. The van der Waals surface area contributed by atoms with Gasteiger partial charge in [0.1, 0.15) is 0 Å². The van der Waals surface area contributed by atoms with Gasteiger partial charge in [-0.1, -0.05) is 12.1 Å². The lowest BCUT2D eigenvalue weighted by Crippen LogP contribution is -2.45. The quantitative estimate of drug-likeness (QED) is 0.651. The first-order chi connectivity index (χ1) is 10.2. The van der Waals surface area contributed by atoms with Crippen LogP contribution in [0.1, 0.15) is 25.3 Å². The van der Waals surface area contributed by atoms with Crippen molar-refractivity contribution in [2.24, 2.45) is 11.7 Å². The number of nitrogens with two attached hydrogens (primary N) is 1. The standard InChI is InChI=1S/C14H21N3O4S.ClH/c1-10-5-3-7-13(17(18)19)14(10)22(20,21)16-8-4-6-12(9-16)11(2)15;/h3,5,7,11-12H,4,6,8-9,15H2,1-2H3;1H. The Hall–Kier alpha value is -1.22. The van der Waals surface area contributed by atoms with Crippen LogP contribution in [-0.2, 0) is 10.0 Å². The Morgan fingerprint density at radius 2 is 2.09 bits per heavy atom. The monoisotopic (exact) mass is 363 g/mol. The summed E-state index contributed by atoms with van der Waals surface area (Å²) < 4.78 is 27.1. The summed E-state index contributed by atoms with van der Waals surface area (Å²) in [5.41, 5.74) is 5.90. The zero-order valence-corrected chi connectivity index (χ0v) is 14.8. The largest absolute Gasteiger partial charge is 0.328 e. The lowest BCUT2D eigenvalue weighted by atomic mass is 9.93. The van der Waals surface area contributed by atoms with E-state index in [0.29, 0.717) is 25.1 Å². The van der Waals surface area contributed by atoms with Crippen molar-refractivity contribution in [3.63, 3.8) is 0 Å². The van der Waals surface area contributed by atoms with Gasteiger partial charge in [0.2, 0.25) is 10.0 Å². The molecule has 1 aromatic rings. The number of benzene rings is 1. The Kier molecular flexibility index (Phi) is 6.52. The summed E-state index contributed by atoms with van der Waals surface area (Å²) >= 11 is 0.